The number of nitrogens with zero attached hydrogens (tertiary/aromatic N) is 1. The molecule has 32 heavy (non-hydrogen) atoms. The number of amides is 1. The van der Waals surface area contributed by atoms with Crippen molar-refractivity contribution >= 4 is 21.9 Å². The molecule has 1 amide bonds. The number of ether oxygens (including phenoxy) is 1. The van der Waals surface area contributed by atoms with Gasteiger partial charge in [-0.3, -0.25) is 4.79 Å². The van der Waals surface area contributed by atoms with Crippen molar-refractivity contribution in [3.8, 4) is 0 Å². The highest BCUT2D eigenvalue weighted by atomic mass is 32.2. The van der Waals surface area contributed by atoms with E-state index < -0.39 is 16.0 Å². The van der Waals surface area contributed by atoms with Crippen molar-refractivity contribution in [1.82, 2.24) is 9.62 Å². The third-order valence-electron chi connectivity index (χ3n) is 5.46. The maximum atomic E-state index is 13.0. The molecule has 1 heterocycles. The van der Waals surface area contributed by atoms with Crippen LogP contribution in [0.5, 0.6) is 0 Å². The second kappa shape index (κ2) is 11.2. The number of hydrogen-bond acceptors (Lipinski definition) is 5. The summed E-state index contributed by atoms with van der Waals surface area (Å²) < 4.78 is 32.7. The number of hydrogen-bond donors (Lipinski definition) is 1. The van der Waals surface area contributed by atoms with Crippen molar-refractivity contribution in [2.45, 2.75) is 43.9 Å². The molecular formula is C24H30N2O5S. The Morgan fingerprint density at radius 2 is 1.69 bits per heavy atom. The van der Waals surface area contributed by atoms with Gasteiger partial charge in [-0.05, 0) is 43.9 Å². The van der Waals surface area contributed by atoms with E-state index in [0.717, 1.165) is 24.8 Å². The lowest BCUT2D eigenvalue weighted by Crippen LogP contribution is -2.36. The number of piperidine rings is 1. The van der Waals surface area contributed by atoms with Crippen LogP contribution in [0.25, 0.3) is 0 Å². The molecule has 0 saturated carbocycles. The number of esters is 1. The Hall–Kier alpha value is -2.71. The van der Waals surface area contributed by atoms with Crippen molar-refractivity contribution < 1.29 is 22.7 Å². The van der Waals surface area contributed by atoms with Crippen LogP contribution in [0.3, 0.4) is 0 Å². The van der Waals surface area contributed by atoms with Crippen molar-refractivity contribution in [3.63, 3.8) is 0 Å². The standard InChI is InChI=1S/C24H30N2O5S/c1-19-9-11-20(12-10-19)13-14-23(27)25-15-18-31-24(28)21-7-3-4-8-22(21)32(29,30)26-16-5-2-6-17-26/h3-4,7-12H,2,5-6,13-18H2,1H3,(H,25,27). The summed E-state index contributed by atoms with van der Waals surface area (Å²) >= 11 is 0. The topological polar surface area (TPSA) is 92.8 Å². The number of carbonyl (C=O) groups is 2. The second-order valence-corrected chi connectivity index (χ2v) is 9.84. The first-order chi connectivity index (χ1) is 15.4. The maximum absolute atomic E-state index is 13.0. The molecule has 0 aliphatic carbocycles. The molecule has 1 saturated heterocycles. The number of aryl methyl sites for hydroxylation is 2. The third kappa shape index (κ3) is 6.40. The number of nitrogens with one attached hydrogen (secondary N) is 1. The molecule has 3 rings (SSSR count). The lowest BCUT2D eigenvalue weighted by atomic mass is 10.1. The van der Waals surface area contributed by atoms with Gasteiger partial charge in [0.1, 0.15) is 6.61 Å². The fourth-order valence-electron chi connectivity index (χ4n) is 3.62. The molecule has 7 nitrogen and oxygen atoms in total. The molecule has 1 fully saturated rings. The fraction of sp³-hybridized carbons (Fsp3) is 0.417. The molecule has 0 aromatic heterocycles. The van der Waals surface area contributed by atoms with Crippen LogP contribution in [0.4, 0.5) is 0 Å². The van der Waals surface area contributed by atoms with Gasteiger partial charge in [0.25, 0.3) is 0 Å². The van der Waals surface area contributed by atoms with E-state index in [1.807, 2.05) is 31.2 Å². The van der Waals surface area contributed by atoms with Gasteiger partial charge in [0.05, 0.1) is 17.0 Å². The van der Waals surface area contributed by atoms with Crippen LogP contribution in [0.2, 0.25) is 0 Å². The molecule has 1 aliphatic heterocycles. The minimum atomic E-state index is -3.76. The molecule has 0 spiro atoms. The summed E-state index contributed by atoms with van der Waals surface area (Å²) in [5, 5.41) is 2.73. The Labute approximate surface area is 189 Å². The minimum absolute atomic E-state index is 0.0174. The van der Waals surface area contributed by atoms with Gasteiger partial charge in [0, 0.05) is 19.5 Å². The Morgan fingerprint density at radius 1 is 1.00 bits per heavy atom. The van der Waals surface area contributed by atoms with Gasteiger partial charge < -0.3 is 10.1 Å². The SMILES string of the molecule is Cc1ccc(CCC(=O)NCCOC(=O)c2ccccc2S(=O)(=O)N2CCCCC2)cc1. The molecule has 0 radical (unpaired) electrons. The summed E-state index contributed by atoms with van der Waals surface area (Å²) in [7, 11) is -3.76. The van der Waals surface area contributed by atoms with E-state index in [9.17, 15) is 18.0 Å². The first-order valence-electron chi connectivity index (χ1n) is 11.0. The molecule has 8 heteroatoms. The Morgan fingerprint density at radius 3 is 2.41 bits per heavy atom. The molecule has 0 atom stereocenters. The Balaban J connectivity index is 1.49. The predicted molar refractivity (Wildman–Crippen MR) is 122 cm³/mol. The van der Waals surface area contributed by atoms with E-state index in [1.165, 1.54) is 22.0 Å². The zero-order valence-corrected chi connectivity index (χ0v) is 19.2. The maximum Gasteiger partial charge on any atom is 0.339 e. The average Bonchev–Trinajstić information content (AvgIpc) is 2.82. The number of rotatable bonds is 9. The van der Waals surface area contributed by atoms with E-state index >= 15 is 0 Å². The smallest absolute Gasteiger partial charge is 0.339 e. The van der Waals surface area contributed by atoms with Crippen LogP contribution in [0.15, 0.2) is 53.4 Å². The van der Waals surface area contributed by atoms with Crippen LogP contribution >= 0.6 is 0 Å². The lowest BCUT2D eigenvalue weighted by Gasteiger charge is -2.26. The van der Waals surface area contributed by atoms with Crippen molar-refractivity contribution in [2.24, 2.45) is 0 Å². The van der Waals surface area contributed by atoms with E-state index in [2.05, 4.69) is 5.32 Å². The van der Waals surface area contributed by atoms with E-state index in [-0.39, 0.29) is 29.5 Å². The number of carbonyl (C=O) groups excluding carboxylic acids is 2. The second-order valence-electron chi connectivity index (χ2n) is 7.93. The summed E-state index contributed by atoms with van der Waals surface area (Å²) in [5.74, 6) is -0.843. The van der Waals surface area contributed by atoms with Crippen LogP contribution in [-0.2, 0) is 26.0 Å². The molecular weight excluding hydrogens is 428 g/mol. The number of sulfonamides is 1. The molecule has 2 aromatic rings. The van der Waals surface area contributed by atoms with Crippen LogP contribution in [0.1, 0.15) is 47.2 Å². The van der Waals surface area contributed by atoms with Gasteiger partial charge in [0.2, 0.25) is 15.9 Å². The van der Waals surface area contributed by atoms with Crippen LogP contribution in [-0.4, -0.2) is 50.8 Å². The van der Waals surface area contributed by atoms with E-state index in [4.69, 9.17) is 4.74 Å². The molecule has 172 valence electrons. The Kier molecular flexibility index (Phi) is 8.41. The van der Waals surface area contributed by atoms with E-state index in [1.54, 1.807) is 12.1 Å². The summed E-state index contributed by atoms with van der Waals surface area (Å²) in [6, 6.07) is 14.1. The zero-order valence-electron chi connectivity index (χ0n) is 18.4. The van der Waals surface area contributed by atoms with Gasteiger partial charge >= 0.3 is 5.97 Å². The summed E-state index contributed by atoms with van der Waals surface area (Å²) in [6.07, 6.45) is 3.61. The lowest BCUT2D eigenvalue weighted by molar-refractivity contribution is -0.121. The third-order valence-corrected chi connectivity index (χ3v) is 7.42. The minimum Gasteiger partial charge on any atom is -0.460 e. The van der Waals surface area contributed by atoms with Gasteiger partial charge in [-0.25, -0.2) is 13.2 Å². The van der Waals surface area contributed by atoms with Gasteiger partial charge in [-0.1, -0.05) is 48.4 Å². The first kappa shape index (κ1) is 23.9. The van der Waals surface area contributed by atoms with Crippen LogP contribution < -0.4 is 5.32 Å². The van der Waals surface area contributed by atoms with E-state index in [0.29, 0.717) is 25.9 Å². The summed E-state index contributed by atoms with van der Waals surface area (Å²) in [4.78, 5) is 24.5. The van der Waals surface area contributed by atoms with Gasteiger partial charge in [0.15, 0.2) is 0 Å². The largest absolute Gasteiger partial charge is 0.460 e. The quantitative estimate of drug-likeness (QED) is 0.461. The molecule has 2 aromatic carbocycles. The molecule has 1 aliphatic rings. The normalized spacial score (nSPS) is 14.7. The summed E-state index contributed by atoms with van der Waals surface area (Å²) in [5.41, 5.74) is 2.28. The zero-order chi connectivity index (χ0) is 23.0. The van der Waals surface area contributed by atoms with Crippen molar-refractivity contribution in [1.29, 1.82) is 0 Å². The van der Waals surface area contributed by atoms with Crippen LogP contribution in [0, 0.1) is 6.92 Å². The fourth-order valence-corrected chi connectivity index (χ4v) is 5.31. The highest BCUT2D eigenvalue weighted by Gasteiger charge is 2.30. The van der Waals surface area contributed by atoms with Gasteiger partial charge in [-0.15, -0.1) is 0 Å². The highest BCUT2D eigenvalue weighted by molar-refractivity contribution is 7.89. The highest BCUT2D eigenvalue weighted by Crippen LogP contribution is 2.24. The van der Waals surface area contributed by atoms with Crippen molar-refractivity contribution in [2.75, 3.05) is 26.2 Å². The van der Waals surface area contributed by atoms with Gasteiger partial charge in [-0.2, -0.15) is 4.31 Å². The Bertz CT molecular complexity index is 1030. The first-order valence-corrected chi connectivity index (χ1v) is 12.4. The van der Waals surface area contributed by atoms with Crippen molar-refractivity contribution in [3.05, 3.63) is 65.2 Å². The molecule has 1 N–H and O–H groups in total. The monoisotopic (exact) mass is 458 g/mol. The summed E-state index contributed by atoms with van der Waals surface area (Å²) in [6.45, 7) is 3.06. The molecule has 0 bridgehead atoms. The predicted octanol–water partition coefficient (Wildman–Crippen LogP) is 3.08. The average molecular weight is 459 g/mol. The molecule has 0 unspecified atom stereocenters. The number of benzene rings is 2.